The van der Waals surface area contributed by atoms with E-state index in [0.29, 0.717) is 39.1 Å². The van der Waals surface area contributed by atoms with Gasteiger partial charge in [-0.2, -0.15) is 0 Å². The minimum absolute atomic E-state index is 0.0790. The molecule has 1 spiro atoms. The molecule has 5 amide bonds. The Hall–Kier alpha value is -4.22. The number of nitrogens with zero attached hydrogens (tertiary/aromatic N) is 3. The fourth-order valence-corrected chi connectivity index (χ4v) is 7.45. The Labute approximate surface area is 251 Å². The number of hydrogen-bond acceptors (Lipinski definition) is 8. The Morgan fingerprint density at radius 3 is 2.26 bits per heavy atom. The molecule has 0 aliphatic carbocycles. The van der Waals surface area contributed by atoms with Crippen molar-refractivity contribution in [1.82, 2.24) is 9.80 Å². The molecule has 0 unspecified atom stereocenters. The van der Waals surface area contributed by atoms with Crippen LogP contribution in [0.2, 0.25) is 5.02 Å². The van der Waals surface area contributed by atoms with Gasteiger partial charge in [0, 0.05) is 21.9 Å². The highest BCUT2D eigenvalue weighted by atomic mass is 35.5. The molecule has 216 valence electrons. The van der Waals surface area contributed by atoms with Gasteiger partial charge in [0.15, 0.2) is 16.4 Å². The first-order chi connectivity index (χ1) is 20.2. The van der Waals surface area contributed by atoms with E-state index >= 15 is 0 Å². The van der Waals surface area contributed by atoms with E-state index in [2.05, 4.69) is 0 Å². The lowest BCUT2D eigenvalue weighted by Gasteiger charge is -2.32. The van der Waals surface area contributed by atoms with Crippen molar-refractivity contribution in [1.29, 1.82) is 0 Å². The number of carbonyl (C=O) groups is 4. The van der Waals surface area contributed by atoms with E-state index < -0.39 is 34.7 Å². The molecule has 2 atom stereocenters. The summed E-state index contributed by atoms with van der Waals surface area (Å²) in [6.07, 6.45) is 0. The number of ether oxygens (including phenoxy) is 3. The quantitative estimate of drug-likeness (QED) is 0.296. The highest BCUT2D eigenvalue weighted by Crippen LogP contribution is 2.58. The van der Waals surface area contributed by atoms with E-state index in [1.165, 1.54) is 38.0 Å². The minimum atomic E-state index is -1.58. The largest absolute Gasteiger partial charge is 0.493 e. The Kier molecular flexibility index (Phi) is 6.81. The molecular weight excluding hydrogens is 582 g/mol. The first-order valence-electron chi connectivity index (χ1n) is 13.0. The van der Waals surface area contributed by atoms with E-state index in [-0.39, 0.29) is 17.9 Å². The van der Waals surface area contributed by atoms with Crippen LogP contribution in [0.25, 0.3) is 0 Å². The molecule has 3 aromatic carbocycles. The number of fused-ring (bicyclic) bond motifs is 4. The van der Waals surface area contributed by atoms with Crippen molar-refractivity contribution in [2.24, 2.45) is 0 Å². The fraction of sp³-hybridized carbons (Fsp3) is 0.267. The van der Waals surface area contributed by atoms with Gasteiger partial charge < -0.3 is 14.2 Å². The summed E-state index contributed by atoms with van der Waals surface area (Å²) in [6.45, 7) is 1.79. The molecule has 0 aromatic heterocycles. The molecule has 0 saturated carbocycles. The third-order valence-corrected chi connectivity index (χ3v) is 9.44. The number of amides is 5. The van der Waals surface area contributed by atoms with Crippen LogP contribution in [0.15, 0.2) is 54.6 Å². The van der Waals surface area contributed by atoms with Crippen LogP contribution in [0.4, 0.5) is 10.5 Å². The van der Waals surface area contributed by atoms with E-state index in [1.54, 1.807) is 54.6 Å². The molecule has 42 heavy (non-hydrogen) atoms. The molecular formula is C30H26ClN3O7S. The average Bonchev–Trinajstić information content (AvgIpc) is 3.58. The van der Waals surface area contributed by atoms with Crippen LogP contribution in [-0.2, 0) is 21.0 Å². The standard InChI is InChI=1S/C30H26ClN3O7S/c1-16-5-10-21-20(11-16)30(28(37)33(21)26(35)18-6-8-19(31)9-7-18)34-22(15-42-30)27(36)32(29(34)38)14-17-12-23(39-2)25(41-4)24(13-17)40-3/h5-13,22H,14-15H2,1-4H3/t22-,30+/m0/s1. The third-order valence-electron chi connectivity index (χ3n) is 7.70. The normalized spacial score (nSPS) is 20.8. The molecule has 0 N–H and O–H groups in total. The second-order valence-electron chi connectivity index (χ2n) is 10.1. The molecule has 10 nitrogen and oxygen atoms in total. The minimum Gasteiger partial charge on any atom is -0.493 e. The molecule has 0 radical (unpaired) electrons. The van der Waals surface area contributed by atoms with Crippen molar-refractivity contribution >= 4 is 52.8 Å². The maximum atomic E-state index is 14.4. The summed E-state index contributed by atoms with van der Waals surface area (Å²) in [5.41, 5.74) is 2.56. The van der Waals surface area contributed by atoms with Crippen LogP contribution in [0.3, 0.4) is 0 Å². The monoisotopic (exact) mass is 607 g/mol. The highest BCUT2D eigenvalue weighted by Gasteiger charge is 2.68. The molecule has 6 rings (SSSR count). The van der Waals surface area contributed by atoms with Crippen molar-refractivity contribution in [3.05, 3.63) is 81.9 Å². The Morgan fingerprint density at radius 2 is 1.64 bits per heavy atom. The molecule has 2 saturated heterocycles. The lowest BCUT2D eigenvalue weighted by atomic mass is 10.0. The number of urea groups is 1. The predicted molar refractivity (Wildman–Crippen MR) is 156 cm³/mol. The summed E-state index contributed by atoms with van der Waals surface area (Å²) in [5, 5.41) is 0.453. The van der Waals surface area contributed by atoms with Gasteiger partial charge in [-0.05, 0) is 55.0 Å². The van der Waals surface area contributed by atoms with E-state index in [1.807, 2.05) is 6.92 Å². The number of methoxy groups -OCH3 is 3. The second-order valence-corrected chi connectivity index (χ2v) is 11.7. The first-order valence-corrected chi connectivity index (χ1v) is 14.4. The van der Waals surface area contributed by atoms with Crippen LogP contribution in [0, 0.1) is 6.92 Å². The number of thioether (sulfide) groups is 1. The topological polar surface area (TPSA) is 106 Å². The summed E-state index contributed by atoms with van der Waals surface area (Å²) in [7, 11) is 4.44. The van der Waals surface area contributed by atoms with Gasteiger partial charge in [-0.15, -0.1) is 11.8 Å². The maximum Gasteiger partial charge on any atom is 0.329 e. The zero-order valence-electron chi connectivity index (χ0n) is 23.2. The van der Waals surface area contributed by atoms with Gasteiger partial charge in [-0.1, -0.05) is 29.3 Å². The van der Waals surface area contributed by atoms with Crippen molar-refractivity contribution in [2.75, 3.05) is 32.0 Å². The Bertz CT molecular complexity index is 1640. The molecule has 3 heterocycles. The number of halogens is 1. The molecule has 0 bridgehead atoms. The van der Waals surface area contributed by atoms with Gasteiger partial charge in [-0.25, -0.2) is 9.69 Å². The SMILES string of the molecule is COc1cc(CN2C(=O)[C@@H]3CS[C@]4(C(=O)N(C(=O)c5ccc(Cl)cc5)c5ccc(C)cc54)N3C2=O)cc(OC)c1OC. The smallest absolute Gasteiger partial charge is 0.329 e. The van der Waals surface area contributed by atoms with Crippen LogP contribution < -0.4 is 19.1 Å². The van der Waals surface area contributed by atoms with Gasteiger partial charge in [0.1, 0.15) is 6.04 Å². The van der Waals surface area contributed by atoms with Gasteiger partial charge in [-0.3, -0.25) is 24.2 Å². The van der Waals surface area contributed by atoms with Gasteiger partial charge in [0.05, 0.1) is 33.6 Å². The lowest BCUT2D eigenvalue weighted by molar-refractivity contribution is -0.128. The van der Waals surface area contributed by atoms with Crippen molar-refractivity contribution < 1.29 is 33.4 Å². The van der Waals surface area contributed by atoms with Crippen molar-refractivity contribution in [3.63, 3.8) is 0 Å². The summed E-state index contributed by atoms with van der Waals surface area (Å²) in [6, 6.07) is 13.4. The van der Waals surface area contributed by atoms with Crippen LogP contribution in [0.1, 0.15) is 27.0 Å². The molecule has 12 heteroatoms. The molecule has 3 aliphatic rings. The Balaban J connectivity index is 1.40. The van der Waals surface area contributed by atoms with Crippen molar-refractivity contribution in [3.8, 4) is 17.2 Å². The zero-order chi connectivity index (χ0) is 29.9. The second kappa shape index (κ2) is 10.2. The number of aryl methyl sites for hydroxylation is 1. The average molecular weight is 608 g/mol. The van der Waals surface area contributed by atoms with Crippen LogP contribution in [0.5, 0.6) is 17.2 Å². The van der Waals surface area contributed by atoms with E-state index in [0.717, 1.165) is 15.4 Å². The number of benzene rings is 3. The maximum absolute atomic E-state index is 14.4. The van der Waals surface area contributed by atoms with Gasteiger partial charge >= 0.3 is 6.03 Å². The zero-order valence-corrected chi connectivity index (χ0v) is 24.7. The number of rotatable bonds is 6. The van der Waals surface area contributed by atoms with Crippen LogP contribution >= 0.6 is 23.4 Å². The van der Waals surface area contributed by atoms with Gasteiger partial charge in [0.2, 0.25) is 5.75 Å². The highest BCUT2D eigenvalue weighted by molar-refractivity contribution is 8.01. The summed E-state index contributed by atoms with van der Waals surface area (Å²) < 4.78 is 16.3. The number of imide groups is 2. The third kappa shape index (κ3) is 3.94. The van der Waals surface area contributed by atoms with Gasteiger partial charge in [0.25, 0.3) is 17.7 Å². The summed E-state index contributed by atoms with van der Waals surface area (Å²) in [5.74, 6) is -0.231. The molecule has 2 fully saturated rings. The Morgan fingerprint density at radius 1 is 0.976 bits per heavy atom. The lowest BCUT2D eigenvalue weighted by Crippen LogP contribution is -2.52. The first kappa shape index (κ1) is 27.9. The summed E-state index contributed by atoms with van der Waals surface area (Å²) in [4.78, 5) is 57.8. The molecule has 3 aromatic rings. The van der Waals surface area contributed by atoms with Crippen LogP contribution in [-0.4, -0.2) is 66.7 Å². The number of carbonyl (C=O) groups excluding carboxylic acids is 4. The summed E-state index contributed by atoms with van der Waals surface area (Å²) >= 11 is 7.21. The van der Waals surface area contributed by atoms with E-state index in [4.69, 9.17) is 25.8 Å². The molecule has 3 aliphatic heterocycles. The van der Waals surface area contributed by atoms with Crippen molar-refractivity contribution in [2.45, 2.75) is 24.4 Å². The predicted octanol–water partition coefficient (Wildman–Crippen LogP) is 4.59. The number of hydrogen-bond donors (Lipinski definition) is 0. The fourth-order valence-electron chi connectivity index (χ4n) is 5.76. The number of anilines is 1. The van der Waals surface area contributed by atoms with E-state index in [9.17, 15) is 19.2 Å².